The summed E-state index contributed by atoms with van der Waals surface area (Å²) in [6.45, 7) is 1.90. The van der Waals surface area contributed by atoms with Crippen LogP contribution < -0.4 is 10.6 Å². The van der Waals surface area contributed by atoms with Gasteiger partial charge in [0.15, 0.2) is 0 Å². The van der Waals surface area contributed by atoms with Crippen LogP contribution in [0.1, 0.15) is 6.92 Å². The lowest BCUT2D eigenvalue weighted by atomic mass is 10.2. The van der Waals surface area contributed by atoms with Gasteiger partial charge >= 0.3 is 0 Å². The summed E-state index contributed by atoms with van der Waals surface area (Å²) in [7, 11) is 0. The molecule has 0 N–H and O–H groups in total. The maximum atomic E-state index is 4.30. The first-order chi connectivity index (χ1) is 6.33. The zero-order valence-electron chi connectivity index (χ0n) is 7.15. The van der Waals surface area contributed by atoms with E-state index in [0.29, 0.717) is 0 Å². The second-order valence-electron chi connectivity index (χ2n) is 3.12. The molecule has 2 heterocycles. The van der Waals surface area contributed by atoms with Gasteiger partial charge < -0.3 is 0 Å². The van der Waals surface area contributed by atoms with Gasteiger partial charge in [-0.25, -0.2) is 9.98 Å². The molecular formula is C10H7N3. The van der Waals surface area contributed by atoms with E-state index in [1.165, 1.54) is 0 Å². The van der Waals surface area contributed by atoms with Crippen LogP contribution in [0, 0.1) is 0 Å². The van der Waals surface area contributed by atoms with Crippen molar-refractivity contribution in [1.29, 1.82) is 0 Å². The van der Waals surface area contributed by atoms with Gasteiger partial charge in [0, 0.05) is 11.4 Å². The summed E-state index contributed by atoms with van der Waals surface area (Å²) in [4.78, 5) is 12.8. The molecule has 0 amide bonds. The van der Waals surface area contributed by atoms with Crippen LogP contribution in [0.3, 0.4) is 0 Å². The van der Waals surface area contributed by atoms with Crippen LogP contribution >= 0.6 is 0 Å². The minimum atomic E-state index is 0.822. The summed E-state index contributed by atoms with van der Waals surface area (Å²) in [5.74, 6) is 0.822. The molecule has 62 valence electrons. The van der Waals surface area contributed by atoms with E-state index < -0.39 is 0 Å². The molecular weight excluding hydrogens is 162 g/mol. The molecule has 0 aliphatic carbocycles. The highest BCUT2D eigenvalue weighted by atomic mass is 15.0. The molecule has 0 radical (unpaired) electrons. The number of rotatable bonds is 0. The van der Waals surface area contributed by atoms with Crippen molar-refractivity contribution < 1.29 is 0 Å². The second kappa shape index (κ2) is 2.13. The van der Waals surface area contributed by atoms with E-state index >= 15 is 0 Å². The Hall–Kier alpha value is -1.77. The summed E-state index contributed by atoms with van der Waals surface area (Å²) in [5.41, 5.74) is 1.95. The normalized spacial score (nSPS) is 15.9. The smallest absolute Gasteiger partial charge is 0.126 e. The monoisotopic (exact) mass is 169 g/mol. The standard InChI is InChI=1S/C10H7N3/c1-6-12-9-4-7-2-3-11-8(7)5-10(9)13-6/h2-5H,1H3. The van der Waals surface area contributed by atoms with Crippen LogP contribution in [-0.2, 0) is 0 Å². The molecule has 2 aliphatic heterocycles. The SMILES string of the molecule is CC1=Nc2cc3c(cc2=N1)N=CC=3. The Bertz CT molecular complexity index is 565. The molecule has 0 unspecified atom stereocenters. The number of nitrogens with zero attached hydrogens (tertiary/aromatic N) is 3. The van der Waals surface area contributed by atoms with Gasteiger partial charge in [-0.1, -0.05) is 0 Å². The van der Waals surface area contributed by atoms with Crippen LogP contribution in [0.15, 0.2) is 27.1 Å². The fraction of sp³-hybridized carbons (Fsp3) is 0.100. The van der Waals surface area contributed by atoms with E-state index in [-0.39, 0.29) is 0 Å². The first-order valence-electron chi connectivity index (χ1n) is 4.15. The molecule has 0 atom stereocenters. The van der Waals surface area contributed by atoms with Gasteiger partial charge in [-0.05, 0) is 25.1 Å². The molecule has 0 aromatic heterocycles. The van der Waals surface area contributed by atoms with Crippen LogP contribution in [0.2, 0.25) is 0 Å². The molecule has 0 fully saturated rings. The maximum Gasteiger partial charge on any atom is 0.126 e. The van der Waals surface area contributed by atoms with Crippen molar-refractivity contribution in [2.45, 2.75) is 6.92 Å². The Labute approximate surface area is 74.9 Å². The van der Waals surface area contributed by atoms with Crippen LogP contribution in [0.25, 0.3) is 6.08 Å². The van der Waals surface area contributed by atoms with Gasteiger partial charge in [-0.15, -0.1) is 0 Å². The molecule has 1 aromatic rings. The lowest BCUT2D eigenvalue weighted by molar-refractivity contribution is 1.40. The highest BCUT2D eigenvalue weighted by Crippen LogP contribution is 2.13. The third-order valence-electron chi connectivity index (χ3n) is 2.16. The molecule has 0 spiro atoms. The van der Waals surface area contributed by atoms with Gasteiger partial charge in [0.1, 0.15) is 5.84 Å². The van der Waals surface area contributed by atoms with E-state index in [1.807, 2.05) is 25.1 Å². The second-order valence-corrected chi connectivity index (χ2v) is 3.12. The third kappa shape index (κ3) is 0.869. The van der Waals surface area contributed by atoms with Crippen molar-refractivity contribution in [2.75, 3.05) is 0 Å². The molecule has 1 aromatic carbocycles. The molecule has 13 heavy (non-hydrogen) atoms. The molecule has 0 saturated carbocycles. The Morgan fingerprint density at radius 2 is 2.00 bits per heavy atom. The van der Waals surface area contributed by atoms with Crippen molar-refractivity contribution in [1.82, 2.24) is 0 Å². The molecule has 0 bridgehead atoms. The first-order valence-corrected chi connectivity index (χ1v) is 4.15. The lowest BCUT2D eigenvalue weighted by Gasteiger charge is -1.91. The van der Waals surface area contributed by atoms with Crippen molar-refractivity contribution in [2.24, 2.45) is 15.0 Å². The fourth-order valence-corrected chi connectivity index (χ4v) is 1.58. The van der Waals surface area contributed by atoms with E-state index in [0.717, 1.165) is 27.8 Å². The predicted molar refractivity (Wildman–Crippen MR) is 52.6 cm³/mol. The van der Waals surface area contributed by atoms with Gasteiger partial charge in [-0.2, -0.15) is 0 Å². The zero-order valence-corrected chi connectivity index (χ0v) is 7.15. The number of hydrogen-bond donors (Lipinski definition) is 0. The number of benzene rings is 1. The highest BCUT2D eigenvalue weighted by Gasteiger charge is 2.07. The number of fused-ring (bicyclic) bond motifs is 2. The summed E-state index contributed by atoms with van der Waals surface area (Å²) < 4.78 is 0. The Balaban J connectivity index is 2.42. The van der Waals surface area contributed by atoms with Crippen molar-refractivity contribution in [3.8, 4) is 0 Å². The minimum Gasteiger partial charge on any atom is -0.256 e. The van der Waals surface area contributed by atoms with Crippen molar-refractivity contribution in [3.05, 3.63) is 22.7 Å². The number of aliphatic imine (C=N–C) groups is 2. The number of hydrogen-bond acceptors (Lipinski definition) is 3. The summed E-state index contributed by atoms with van der Waals surface area (Å²) in [6.07, 6.45) is 3.79. The first kappa shape index (κ1) is 6.71. The molecule has 2 aliphatic rings. The maximum absolute atomic E-state index is 4.30. The predicted octanol–water partition coefficient (Wildman–Crippen LogP) is 0.866. The molecule has 0 saturated heterocycles. The lowest BCUT2D eigenvalue weighted by Crippen LogP contribution is -2.06. The van der Waals surface area contributed by atoms with Crippen LogP contribution in [0.4, 0.5) is 11.4 Å². The van der Waals surface area contributed by atoms with Crippen LogP contribution in [0.5, 0.6) is 0 Å². The van der Waals surface area contributed by atoms with E-state index in [9.17, 15) is 0 Å². The van der Waals surface area contributed by atoms with E-state index in [4.69, 9.17) is 0 Å². The van der Waals surface area contributed by atoms with Gasteiger partial charge in [-0.3, -0.25) is 4.99 Å². The van der Waals surface area contributed by atoms with Gasteiger partial charge in [0.2, 0.25) is 0 Å². The topological polar surface area (TPSA) is 37.1 Å². The average Bonchev–Trinajstić information content (AvgIpc) is 2.63. The molecule has 3 nitrogen and oxygen atoms in total. The van der Waals surface area contributed by atoms with Crippen molar-refractivity contribution in [3.63, 3.8) is 0 Å². The fourth-order valence-electron chi connectivity index (χ4n) is 1.58. The quantitative estimate of drug-likeness (QED) is 0.552. The Kier molecular flexibility index (Phi) is 1.10. The molecule has 3 rings (SSSR count). The zero-order chi connectivity index (χ0) is 8.84. The minimum absolute atomic E-state index is 0.822. The van der Waals surface area contributed by atoms with E-state index in [1.54, 1.807) is 6.21 Å². The molecule has 3 heteroatoms. The summed E-state index contributed by atoms with van der Waals surface area (Å²) in [5, 5.41) is 2.07. The van der Waals surface area contributed by atoms with Crippen molar-refractivity contribution >= 4 is 29.5 Å². The summed E-state index contributed by atoms with van der Waals surface area (Å²) in [6, 6.07) is 4.00. The summed E-state index contributed by atoms with van der Waals surface area (Å²) >= 11 is 0. The van der Waals surface area contributed by atoms with E-state index in [2.05, 4.69) is 15.0 Å². The third-order valence-corrected chi connectivity index (χ3v) is 2.16. The van der Waals surface area contributed by atoms with Gasteiger partial charge in [0.05, 0.1) is 16.7 Å². The number of amidine groups is 1. The average molecular weight is 169 g/mol. The van der Waals surface area contributed by atoms with Crippen LogP contribution in [-0.4, -0.2) is 12.1 Å². The Morgan fingerprint density at radius 3 is 2.92 bits per heavy atom. The van der Waals surface area contributed by atoms with Gasteiger partial charge in [0.25, 0.3) is 0 Å². The Morgan fingerprint density at radius 1 is 1.08 bits per heavy atom. The largest absolute Gasteiger partial charge is 0.256 e. The highest BCUT2D eigenvalue weighted by molar-refractivity contribution is 5.97.